The van der Waals surface area contributed by atoms with E-state index in [-0.39, 0.29) is 47.6 Å². The van der Waals surface area contributed by atoms with Gasteiger partial charge in [-0.3, -0.25) is 4.79 Å². The van der Waals surface area contributed by atoms with Crippen LogP contribution in [0, 0.1) is 5.82 Å². The van der Waals surface area contributed by atoms with Crippen molar-refractivity contribution in [2.75, 3.05) is 19.7 Å². The highest BCUT2D eigenvalue weighted by molar-refractivity contribution is 5.93. The van der Waals surface area contributed by atoms with E-state index in [1.165, 1.54) is 29.2 Å². The zero-order valence-electron chi connectivity index (χ0n) is 21.2. The number of carbonyl (C=O) groups is 3. The van der Waals surface area contributed by atoms with Crippen LogP contribution >= 0.6 is 0 Å². The van der Waals surface area contributed by atoms with Gasteiger partial charge in [-0.05, 0) is 71.6 Å². The Labute approximate surface area is 210 Å². The van der Waals surface area contributed by atoms with Crippen LogP contribution in [0.25, 0.3) is 5.69 Å². The number of hydrogen-bond acceptors (Lipinski definition) is 6. The summed E-state index contributed by atoms with van der Waals surface area (Å²) < 4.78 is 26.6. The number of benzene rings is 1. The van der Waals surface area contributed by atoms with Crippen LogP contribution in [0.15, 0.2) is 30.7 Å². The number of esters is 1. The van der Waals surface area contributed by atoms with Gasteiger partial charge in [0, 0.05) is 31.4 Å². The summed E-state index contributed by atoms with van der Waals surface area (Å²) in [7, 11) is 0. The lowest BCUT2D eigenvalue weighted by atomic mass is 10.0. The summed E-state index contributed by atoms with van der Waals surface area (Å²) in [4.78, 5) is 45.6. The summed E-state index contributed by atoms with van der Waals surface area (Å²) in [6, 6.07) is 4.20. The topological polar surface area (TPSA) is 94.0 Å². The van der Waals surface area contributed by atoms with Crippen LogP contribution in [-0.4, -0.2) is 74.7 Å². The van der Waals surface area contributed by atoms with Gasteiger partial charge in [0.2, 0.25) is 0 Å². The second-order valence-electron chi connectivity index (χ2n) is 10.2. The molecule has 0 atom stereocenters. The predicted molar refractivity (Wildman–Crippen MR) is 129 cm³/mol. The van der Waals surface area contributed by atoms with Crippen molar-refractivity contribution in [2.45, 2.75) is 71.1 Å². The van der Waals surface area contributed by atoms with Crippen molar-refractivity contribution in [3.8, 4) is 5.69 Å². The van der Waals surface area contributed by atoms with Gasteiger partial charge >= 0.3 is 12.1 Å². The number of ether oxygens (including phenoxy) is 2. The van der Waals surface area contributed by atoms with E-state index < -0.39 is 17.4 Å². The van der Waals surface area contributed by atoms with Crippen LogP contribution < -0.4 is 0 Å². The molecule has 0 bridgehead atoms. The molecule has 0 spiro atoms. The van der Waals surface area contributed by atoms with Gasteiger partial charge in [-0.1, -0.05) is 0 Å². The van der Waals surface area contributed by atoms with Gasteiger partial charge in [-0.15, -0.1) is 0 Å². The number of rotatable bonds is 6. The zero-order valence-corrected chi connectivity index (χ0v) is 21.2. The minimum absolute atomic E-state index is 0.00515. The number of carbonyl (C=O) groups excluding carboxylic acids is 3. The number of nitrogens with zero attached hydrogens (tertiary/aromatic N) is 4. The van der Waals surface area contributed by atoms with E-state index in [2.05, 4.69) is 4.98 Å². The van der Waals surface area contributed by atoms with E-state index in [0.717, 1.165) is 18.9 Å². The van der Waals surface area contributed by atoms with Crippen LogP contribution in [0.2, 0.25) is 0 Å². The standard InChI is InChI=1S/C26H33FN4O5/c1-5-35-24(33)17-6-9-22(20(27)14-17)30-15-21(28-16-30)23(32)31(18-7-8-18)19-10-12-29(13-11-19)25(34)36-26(2,3)4/h6,9,14-16,18-19H,5,7-8,10-13H2,1-4H3. The molecule has 9 nitrogen and oxygen atoms in total. The SMILES string of the molecule is CCOC(=O)c1ccc(-n2cnc(C(=O)N(C3CC3)C3CCN(C(=O)OC(C)(C)C)CC3)c2)c(F)c1. The van der Waals surface area contributed by atoms with Crippen LogP contribution in [0.3, 0.4) is 0 Å². The highest BCUT2D eigenvalue weighted by Crippen LogP contribution is 2.33. The minimum Gasteiger partial charge on any atom is -0.462 e. The molecule has 1 aromatic heterocycles. The van der Waals surface area contributed by atoms with Crippen molar-refractivity contribution in [3.05, 3.63) is 47.8 Å². The van der Waals surface area contributed by atoms with Crippen molar-refractivity contribution >= 4 is 18.0 Å². The zero-order chi connectivity index (χ0) is 26.0. The molecule has 2 heterocycles. The lowest BCUT2D eigenvalue weighted by molar-refractivity contribution is 0.0141. The van der Waals surface area contributed by atoms with Crippen LogP contribution in [0.4, 0.5) is 9.18 Å². The molecule has 0 unspecified atom stereocenters. The molecule has 1 aliphatic heterocycles. The number of piperidine rings is 1. The molecule has 2 aliphatic rings. The highest BCUT2D eigenvalue weighted by atomic mass is 19.1. The number of aromatic nitrogens is 2. The van der Waals surface area contributed by atoms with Crippen molar-refractivity contribution in [1.82, 2.24) is 19.4 Å². The van der Waals surface area contributed by atoms with Gasteiger partial charge < -0.3 is 23.8 Å². The maximum atomic E-state index is 14.7. The van der Waals surface area contributed by atoms with E-state index in [0.29, 0.717) is 25.9 Å². The van der Waals surface area contributed by atoms with E-state index >= 15 is 0 Å². The first-order valence-electron chi connectivity index (χ1n) is 12.4. The number of halogens is 1. The molecule has 194 valence electrons. The molecule has 0 radical (unpaired) electrons. The summed E-state index contributed by atoms with van der Waals surface area (Å²) in [5.74, 6) is -1.41. The average molecular weight is 501 g/mol. The molecule has 1 saturated carbocycles. The molecule has 0 N–H and O–H groups in total. The fourth-order valence-electron chi connectivity index (χ4n) is 4.39. The van der Waals surface area contributed by atoms with Gasteiger partial charge in [0.25, 0.3) is 5.91 Å². The molecular formula is C26H33FN4O5. The van der Waals surface area contributed by atoms with Crippen molar-refractivity contribution < 1.29 is 28.2 Å². The van der Waals surface area contributed by atoms with Crippen molar-refractivity contribution in [1.29, 1.82) is 0 Å². The fraction of sp³-hybridized carbons (Fsp3) is 0.538. The maximum absolute atomic E-state index is 14.7. The Morgan fingerprint density at radius 1 is 1.11 bits per heavy atom. The average Bonchev–Trinajstić information content (AvgIpc) is 3.53. The predicted octanol–water partition coefficient (Wildman–Crippen LogP) is 4.19. The Kier molecular flexibility index (Phi) is 7.33. The van der Waals surface area contributed by atoms with E-state index in [9.17, 15) is 18.8 Å². The molecule has 36 heavy (non-hydrogen) atoms. The minimum atomic E-state index is -0.620. The summed E-state index contributed by atoms with van der Waals surface area (Å²) in [5.41, 5.74) is -0.0304. The summed E-state index contributed by atoms with van der Waals surface area (Å²) in [6.07, 6.45) is 5.76. The second kappa shape index (κ2) is 10.3. The molecule has 10 heteroatoms. The largest absolute Gasteiger partial charge is 0.462 e. The molecule has 1 aromatic carbocycles. The molecule has 1 aliphatic carbocycles. The molecule has 2 amide bonds. The third-order valence-corrected chi connectivity index (χ3v) is 6.22. The second-order valence-corrected chi connectivity index (χ2v) is 10.2. The third kappa shape index (κ3) is 5.85. The van der Waals surface area contributed by atoms with Crippen LogP contribution in [-0.2, 0) is 9.47 Å². The van der Waals surface area contributed by atoms with Crippen LogP contribution in [0.1, 0.15) is 74.2 Å². The lowest BCUT2D eigenvalue weighted by Crippen LogP contribution is -2.50. The third-order valence-electron chi connectivity index (χ3n) is 6.22. The quantitative estimate of drug-likeness (QED) is 0.552. The molecular weight excluding hydrogens is 467 g/mol. The van der Waals surface area contributed by atoms with Gasteiger partial charge in [-0.2, -0.15) is 0 Å². The number of amides is 2. The number of likely N-dealkylation sites (tertiary alicyclic amines) is 1. The van der Waals surface area contributed by atoms with Crippen molar-refractivity contribution in [3.63, 3.8) is 0 Å². The highest BCUT2D eigenvalue weighted by Gasteiger charge is 2.40. The Hall–Kier alpha value is -3.43. The van der Waals surface area contributed by atoms with Gasteiger partial charge in [0.1, 0.15) is 23.4 Å². The smallest absolute Gasteiger partial charge is 0.410 e. The Morgan fingerprint density at radius 3 is 2.36 bits per heavy atom. The molecule has 1 saturated heterocycles. The van der Waals surface area contributed by atoms with Crippen LogP contribution in [0.5, 0.6) is 0 Å². The number of hydrogen-bond donors (Lipinski definition) is 0. The van der Waals surface area contributed by atoms with Gasteiger partial charge in [-0.25, -0.2) is 19.0 Å². The Morgan fingerprint density at radius 2 is 1.78 bits per heavy atom. The normalized spacial score (nSPS) is 16.5. The van der Waals surface area contributed by atoms with E-state index in [4.69, 9.17) is 9.47 Å². The molecule has 2 fully saturated rings. The lowest BCUT2D eigenvalue weighted by Gasteiger charge is -2.38. The first-order valence-corrected chi connectivity index (χ1v) is 12.4. The first kappa shape index (κ1) is 25.7. The van der Waals surface area contributed by atoms with E-state index in [1.807, 2.05) is 25.7 Å². The summed E-state index contributed by atoms with van der Waals surface area (Å²) >= 11 is 0. The summed E-state index contributed by atoms with van der Waals surface area (Å²) in [5, 5.41) is 0. The molecule has 4 rings (SSSR count). The summed E-state index contributed by atoms with van der Waals surface area (Å²) in [6.45, 7) is 8.43. The van der Waals surface area contributed by atoms with E-state index in [1.54, 1.807) is 11.8 Å². The fourth-order valence-corrected chi connectivity index (χ4v) is 4.39. The number of imidazole rings is 1. The van der Waals surface area contributed by atoms with Gasteiger partial charge in [0.05, 0.1) is 17.9 Å². The monoisotopic (exact) mass is 500 g/mol. The van der Waals surface area contributed by atoms with Crippen molar-refractivity contribution in [2.24, 2.45) is 0 Å². The molecule has 2 aromatic rings. The first-order chi connectivity index (χ1) is 17.1. The van der Waals surface area contributed by atoms with Gasteiger partial charge in [0.15, 0.2) is 0 Å². The maximum Gasteiger partial charge on any atom is 0.410 e. The Bertz CT molecular complexity index is 1130. The Balaban J connectivity index is 1.44.